The third-order valence-electron chi connectivity index (χ3n) is 6.12. The van der Waals surface area contributed by atoms with Gasteiger partial charge in [0.05, 0.1) is 0 Å². The summed E-state index contributed by atoms with van der Waals surface area (Å²) in [6, 6.07) is 7.43. The lowest BCUT2D eigenvalue weighted by atomic mass is 9.51. The number of fused-ring (bicyclic) bond motifs is 4. The highest BCUT2D eigenvalue weighted by atomic mass is 15.2. The molecule has 0 N–H and O–H groups in total. The van der Waals surface area contributed by atoms with Crippen molar-refractivity contribution in [3.63, 3.8) is 0 Å². The Morgan fingerprint density at radius 3 is 2.10 bits per heavy atom. The molecule has 0 spiro atoms. The maximum absolute atomic E-state index is 6.05. The average Bonchev–Trinajstić information content (AvgIpc) is 2.58. The first kappa shape index (κ1) is 28.5. The Morgan fingerprint density at radius 2 is 1.67 bits per heavy atom. The number of hydrogen-bond acceptors (Lipinski definition) is 1. The van der Waals surface area contributed by atoms with E-state index in [0.717, 1.165) is 25.1 Å². The quantitative estimate of drug-likeness (QED) is 0.422. The van der Waals surface area contributed by atoms with E-state index in [1.807, 2.05) is 20.8 Å². The van der Waals surface area contributed by atoms with Crippen LogP contribution in [0.15, 0.2) is 36.6 Å². The van der Waals surface area contributed by atoms with Gasteiger partial charge in [-0.1, -0.05) is 85.2 Å². The predicted molar refractivity (Wildman–Crippen MR) is 136 cm³/mol. The van der Waals surface area contributed by atoms with Crippen LogP contribution >= 0.6 is 0 Å². The van der Waals surface area contributed by atoms with Crippen LogP contribution in [0.1, 0.15) is 85.4 Å². The Hall–Kier alpha value is -1.50. The topological polar surface area (TPSA) is 3.24 Å². The van der Waals surface area contributed by atoms with Crippen molar-refractivity contribution in [2.75, 3.05) is 6.54 Å². The van der Waals surface area contributed by atoms with Crippen LogP contribution in [0.5, 0.6) is 0 Å². The minimum absolute atomic E-state index is 0.204. The van der Waals surface area contributed by atoms with Crippen LogP contribution in [0.25, 0.3) is 0 Å². The first-order chi connectivity index (χ1) is 13.7. The van der Waals surface area contributed by atoms with Gasteiger partial charge in [0.1, 0.15) is 0 Å². The van der Waals surface area contributed by atoms with Crippen LogP contribution in [-0.4, -0.2) is 17.5 Å². The van der Waals surface area contributed by atoms with Gasteiger partial charge in [0.15, 0.2) is 0 Å². The summed E-state index contributed by atoms with van der Waals surface area (Å²) < 4.78 is 0. The number of benzene rings is 1. The minimum Gasteiger partial charge on any atom is -0.371 e. The zero-order valence-corrected chi connectivity index (χ0v) is 21.7. The Bertz CT molecular complexity index is 683. The molecular formula is C29H48N. The first-order valence-corrected chi connectivity index (χ1v) is 11.4. The van der Waals surface area contributed by atoms with Crippen LogP contribution in [0.4, 0.5) is 0 Å². The average molecular weight is 411 g/mol. The fourth-order valence-electron chi connectivity index (χ4n) is 4.41. The largest absolute Gasteiger partial charge is 0.371 e. The Kier molecular flexibility index (Phi) is 10.7. The monoisotopic (exact) mass is 410 g/mol. The van der Waals surface area contributed by atoms with Gasteiger partial charge in [0.25, 0.3) is 0 Å². The maximum Gasteiger partial charge on any atom is 0.0386 e. The lowest BCUT2D eigenvalue weighted by Gasteiger charge is -2.61. The van der Waals surface area contributed by atoms with Crippen molar-refractivity contribution in [1.29, 1.82) is 0 Å². The van der Waals surface area contributed by atoms with Gasteiger partial charge in [-0.3, -0.25) is 0 Å². The van der Waals surface area contributed by atoms with Crippen LogP contribution in [0.3, 0.4) is 0 Å². The molecule has 3 rings (SSSR count). The molecule has 1 aliphatic carbocycles. The predicted octanol–water partition coefficient (Wildman–Crippen LogP) is 8.15. The number of piperidine rings is 1. The maximum atomic E-state index is 6.05. The van der Waals surface area contributed by atoms with Gasteiger partial charge in [0.2, 0.25) is 0 Å². The molecular weight excluding hydrogens is 362 g/mol. The van der Waals surface area contributed by atoms with E-state index in [4.69, 9.17) is 6.58 Å². The molecule has 1 heteroatoms. The number of hydrogen-bond donors (Lipinski definition) is 0. The lowest BCUT2D eigenvalue weighted by molar-refractivity contribution is -0.0182. The molecule has 1 aromatic rings. The summed E-state index contributed by atoms with van der Waals surface area (Å²) >= 11 is 0. The SMILES string of the molecule is C=CC.CC.[CH2]C(C)(C)C.[CH]=C([CH2])N1CC[C@@]2(C)c3ccc(C)cc3C[C@@H]1C2(C)C. The van der Waals surface area contributed by atoms with Crippen molar-refractivity contribution < 1.29 is 0 Å². The standard InChI is InChI=1S/C19H25N.C5H11.C3H6.C2H6/c1-13(2)20-10-9-19(6)16-8-7-14(3)11-15(16)12-17(20)18(19,4)5;1-5(2,3)4;1-3-2;1-2/h1,7-8,11,17H,2,9-10,12H2,3-6H3;1H2,2-4H3;3H,1H2,2H3;1-2H3/t17-,19+;;;/m1.../s1. The molecule has 1 aliphatic heterocycles. The summed E-state index contributed by atoms with van der Waals surface area (Å²) in [5.74, 6) is 0. The van der Waals surface area contributed by atoms with Crippen LogP contribution in [-0.2, 0) is 11.8 Å². The molecule has 0 saturated carbocycles. The normalized spacial score (nSPS) is 23.2. The van der Waals surface area contributed by atoms with Crippen molar-refractivity contribution in [3.05, 3.63) is 73.7 Å². The molecule has 1 aromatic carbocycles. The second-order valence-electron chi connectivity index (χ2n) is 10.3. The van der Waals surface area contributed by atoms with E-state index in [2.05, 4.69) is 92.0 Å². The molecule has 0 amide bonds. The summed E-state index contributed by atoms with van der Waals surface area (Å²) in [5.41, 5.74) is 5.81. The Labute approximate surface area is 189 Å². The molecule has 1 saturated heterocycles. The summed E-state index contributed by atoms with van der Waals surface area (Å²) in [7, 11) is 0. The van der Waals surface area contributed by atoms with Gasteiger partial charge in [-0.25, -0.2) is 0 Å². The second kappa shape index (κ2) is 11.2. The van der Waals surface area contributed by atoms with E-state index in [9.17, 15) is 0 Å². The molecule has 1 heterocycles. The van der Waals surface area contributed by atoms with Gasteiger partial charge < -0.3 is 4.90 Å². The van der Waals surface area contributed by atoms with Gasteiger partial charge in [0, 0.05) is 23.7 Å². The third kappa shape index (κ3) is 6.76. The van der Waals surface area contributed by atoms with Crippen molar-refractivity contribution in [1.82, 2.24) is 4.90 Å². The van der Waals surface area contributed by atoms with Gasteiger partial charge in [-0.2, -0.15) is 0 Å². The van der Waals surface area contributed by atoms with Gasteiger partial charge >= 0.3 is 0 Å². The van der Waals surface area contributed by atoms with E-state index in [-0.39, 0.29) is 16.2 Å². The van der Waals surface area contributed by atoms with Crippen molar-refractivity contribution in [2.45, 2.75) is 93.5 Å². The number of aryl methyl sites for hydroxylation is 1. The van der Waals surface area contributed by atoms with E-state index >= 15 is 0 Å². The van der Waals surface area contributed by atoms with Crippen molar-refractivity contribution in [2.24, 2.45) is 10.8 Å². The van der Waals surface area contributed by atoms with Crippen LogP contribution in [0.2, 0.25) is 0 Å². The van der Waals surface area contributed by atoms with E-state index < -0.39 is 0 Å². The second-order valence-corrected chi connectivity index (χ2v) is 10.3. The molecule has 1 nitrogen and oxygen atoms in total. The molecule has 2 bridgehead atoms. The number of nitrogens with zero attached hydrogens (tertiary/aromatic N) is 1. The molecule has 1 fully saturated rings. The highest BCUT2D eigenvalue weighted by Crippen LogP contribution is 2.56. The zero-order chi connectivity index (χ0) is 23.9. The number of allylic oxidation sites excluding steroid dienone is 2. The Morgan fingerprint density at radius 1 is 1.20 bits per heavy atom. The van der Waals surface area contributed by atoms with Crippen molar-refractivity contribution in [3.8, 4) is 0 Å². The first-order valence-electron chi connectivity index (χ1n) is 11.4. The number of likely N-dealkylation sites (tertiary alicyclic amines) is 1. The summed E-state index contributed by atoms with van der Waals surface area (Å²) in [4.78, 5) is 2.33. The highest BCUT2D eigenvalue weighted by molar-refractivity contribution is 5.44. The summed E-state index contributed by atoms with van der Waals surface area (Å²) in [6.45, 7) is 39.7. The lowest BCUT2D eigenvalue weighted by Crippen LogP contribution is -2.63. The molecule has 2 atom stereocenters. The minimum atomic E-state index is 0.204. The molecule has 2 aliphatic rings. The zero-order valence-electron chi connectivity index (χ0n) is 21.7. The highest BCUT2D eigenvalue weighted by Gasteiger charge is 2.55. The molecule has 0 unspecified atom stereocenters. The third-order valence-corrected chi connectivity index (χ3v) is 6.12. The fraction of sp³-hybridized carbons (Fsp3) is 0.586. The van der Waals surface area contributed by atoms with E-state index in [0.29, 0.717) is 6.04 Å². The van der Waals surface area contributed by atoms with Crippen LogP contribution in [0, 0.1) is 38.2 Å². The van der Waals surface area contributed by atoms with Gasteiger partial charge in [-0.05, 0) is 69.1 Å². The molecule has 169 valence electrons. The van der Waals surface area contributed by atoms with Crippen LogP contribution < -0.4 is 0 Å². The summed E-state index contributed by atoms with van der Waals surface area (Å²) in [6.07, 6.45) is 3.97. The fourth-order valence-corrected chi connectivity index (χ4v) is 4.41. The summed E-state index contributed by atoms with van der Waals surface area (Å²) in [5, 5.41) is 0. The molecule has 30 heavy (non-hydrogen) atoms. The Balaban J connectivity index is 0.000000716. The smallest absolute Gasteiger partial charge is 0.0386 e. The van der Waals surface area contributed by atoms with Gasteiger partial charge in [-0.15, -0.1) is 6.58 Å². The van der Waals surface area contributed by atoms with E-state index in [1.165, 1.54) is 11.1 Å². The molecule has 0 aromatic heterocycles. The molecule has 3 radical (unpaired) electrons. The van der Waals surface area contributed by atoms with E-state index in [1.54, 1.807) is 11.6 Å². The van der Waals surface area contributed by atoms with Crippen molar-refractivity contribution >= 4 is 0 Å². The number of rotatable bonds is 1.